The van der Waals surface area contributed by atoms with Crippen molar-refractivity contribution in [1.29, 1.82) is 0 Å². The molecule has 0 aliphatic carbocycles. The maximum Gasteiger partial charge on any atom is 0.158 e. The van der Waals surface area contributed by atoms with Gasteiger partial charge in [-0.15, -0.1) is 0 Å². The second kappa shape index (κ2) is 4.93. The van der Waals surface area contributed by atoms with Gasteiger partial charge in [0.15, 0.2) is 9.84 Å². The van der Waals surface area contributed by atoms with Gasteiger partial charge in [0.1, 0.15) is 5.82 Å². The highest BCUT2D eigenvalue weighted by atomic mass is 32.2. The molecule has 0 spiro atoms. The first kappa shape index (κ1) is 13.1. The Labute approximate surface area is 95.4 Å². The maximum absolute atomic E-state index is 12.8. The first-order valence-corrected chi connectivity index (χ1v) is 6.75. The smallest absolute Gasteiger partial charge is 0.158 e. The molecule has 0 radical (unpaired) electrons. The van der Waals surface area contributed by atoms with Crippen LogP contribution >= 0.6 is 0 Å². The number of benzene rings is 1. The molecule has 3 nitrogen and oxygen atoms in total. The van der Waals surface area contributed by atoms with E-state index in [0.29, 0.717) is 11.1 Å². The van der Waals surface area contributed by atoms with Crippen molar-refractivity contribution in [2.45, 2.75) is 24.9 Å². The predicted molar refractivity (Wildman–Crippen MR) is 62.3 cm³/mol. The summed E-state index contributed by atoms with van der Waals surface area (Å²) in [7, 11) is -3.25. The molecule has 1 atom stereocenters. The molecule has 0 amide bonds. The van der Waals surface area contributed by atoms with E-state index >= 15 is 0 Å². The minimum atomic E-state index is -3.25. The van der Waals surface area contributed by atoms with Crippen LogP contribution in [0.4, 0.5) is 4.39 Å². The molecule has 90 valence electrons. The van der Waals surface area contributed by atoms with Crippen molar-refractivity contribution in [2.24, 2.45) is 5.73 Å². The second-order valence-corrected chi connectivity index (χ2v) is 6.34. The molecule has 16 heavy (non-hydrogen) atoms. The summed E-state index contributed by atoms with van der Waals surface area (Å²) in [5.74, 6) is -0.442. The summed E-state index contributed by atoms with van der Waals surface area (Å²) in [6.45, 7) is 3.37. The third-order valence-corrected chi connectivity index (χ3v) is 4.74. The topological polar surface area (TPSA) is 60.2 Å². The number of hydrogen-bond donors (Lipinski definition) is 1. The van der Waals surface area contributed by atoms with E-state index in [-0.39, 0.29) is 18.1 Å². The van der Waals surface area contributed by atoms with E-state index in [2.05, 4.69) is 0 Å². The number of halogens is 1. The van der Waals surface area contributed by atoms with Crippen molar-refractivity contribution < 1.29 is 12.8 Å². The van der Waals surface area contributed by atoms with Crippen LogP contribution in [0.1, 0.15) is 18.1 Å². The fraction of sp³-hybridized carbons (Fsp3) is 0.455. The molecule has 0 saturated heterocycles. The Bertz CT molecular complexity index is 471. The lowest BCUT2D eigenvalue weighted by Crippen LogP contribution is -2.27. The molecule has 2 N–H and O–H groups in total. The zero-order valence-electron chi connectivity index (χ0n) is 9.40. The van der Waals surface area contributed by atoms with Crippen LogP contribution in [0.3, 0.4) is 0 Å². The Morgan fingerprint density at radius 3 is 2.56 bits per heavy atom. The first-order chi connectivity index (χ1) is 7.36. The van der Waals surface area contributed by atoms with E-state index in [1.807, 2.05) is 0 Å². The van der Waals surface area contributed by atoms with Crippen molar-refractivity contribution in [2.75, 3.05) is 6.54 Å². The van der Waals surface area contributed by atoms with Gasteiger partial charge in [-0.1, -0.05) is 6.07 Å². The van der Waals surface area contributed by atoms with Gasteiger partial charge in [-0.3, -0.25) is 0 Å². The average molecular weight is 245 g/mol. The van der Waals surface area contributed by atoms with Gasteiger partial charge in [0.25, 0.3) is 0 Å². The Hall–Kier alpha value is -0.940. The van der Waals surface area contributed by atoms with E-state index < -0.39 is 15.1 Å². The highest BCUT2D eigenvalue weighted by Gasteiger charge is 2.20. The van der Waals surface area contributed by atoms with Gasteiger partial charge in [-0.25, -0.2) is 12.8 Å². The van der Waals surface area contributed by atoms with E-state index in [4.69, 9.17) is 5.73 Å². The minimum Gasteiger partial charge on any atom is -0.329 e. The molecule has 0 aliphatic heterocycles. The van der Waals surface area contributed by atoms with E-state index in [0.717, 1.165) is 0 Å². The normalized spacial score (nSPS) is 13.8. The summed E-state index contributed by atoms with van der Waals surface area (Å²) in [5, 5.41) is -0.572. The summed E-state index contributed by atoms with van der Waals surface area (Å²) < 4.78 is 36.4. The number of nitrogens with two attached hydrogens (primary N) is 1. The lowest BCUT2D eigenvalue weighted by Gasteiger charge is -2.12. The third kappa shape index (κ3) is 3.02. The quantitative estimate of drug-likeness (QED) is 0.872. The molecule has 5 heteroatoms. The van der Waals surface area contributed by atoms with Crippen LogP contribution in [0.2, 0.25) is 0 Å². The SMILES string of the molecule is Cc1cc(F)ccc1CS(=O)(=O)C(C)CN. The monoisotopic (exact) mass is 245 g/mol. The van der Waals surface area contributed by atoms with E-state index in [1.165, 1.54) is 18.2 Å². The standard InChI is InChI=1S/C11H16FNO2S/c1-8-5-11(12)4-3-10(8)7-16(14,15)9(2)6-13/h3-5,9H,6-7,13H2,1-2H3. The predicted octanol–water partition coefficient (Wildman–Crippen LogP) is 1.40. The van der Waals surface area contributed by atoms with Crippen LogP contribution in [0, 0.1) is 12.7 Å². The number of sulfone groups is 1. The van der Waals surface area contributed by atoms with Crippen molar-refractivity contribution >= 4 is 9.84 Å². The number of hydrogen-bond acceptors (Lipinski definition) is 3. The second-order valence-electron chi connectivity index (χ2n) is 3.92. The van der Waals surface area contributed by atoms with Crippen molar-refractivity contribution in [3.05, 3.63) is 35.1 Å². The van der Waals surface area contributed by atoms with E-state index in [9.17, 15) is 12.8 Å². The lowest BCUT2D eigenvalue weighted by molar-refractivity contribution is 0.582. The molecule has 1 unspecified atom stereocenters. The lowest BCUT2D eigenvalue weighted by atomic mass is 10.1. The summed E-state index contributed by atoms with van der Waals surface area (Å²) in [6.07, 6.45) is 0. The van der Waals surface area contributed by atoms with Crippen molar-refractivity contribution in [1.82, 2.24) is 0 Å². The van der Waals surface area contributed by atoms with Crippen LogP contribution in [0.5, 0.6) is 0 Å². The molecule has 1 aromatic carbocycles. The summed E-state index contributed by atoms with van der Waals surface area (Å²) in [5.41, 5.74) is 6.61. The third-order valence-electron chi connectivity index (χ3n) is 2.61. The van der Waals surface area contributed by atoms with Gasteiger partial charge >= 0.3 is 0 Å². The van der Waals surface area contributed by atoms with Gasteiger partial charge in [-0.05, 0) is 37.1 Å². The van der Waals surface area contributed by atoms with E-state index in [1.54, 1.807) is 13.8 Å². The average Bonchev–Trinajstić information content (AvgIpc) is 2.21. The van der Waals surface area contributed by atoms with Crippen LogP contribution in [0.25, 0.3) is 0 Å². The van der Waals surface area contributed by atoms with Gasteiger partial charge in [0, 0.05) is 6.54 Å². The Morgan fingerprint density at radius 2 is 2.06 bits per heavy atom. The maximum atomic E-state index is 12.8. The highest BCUT2D eigenvalue weighted by Crippen LogP contribution is 2.15. The van der Waals surface area contributed by atoms with Crippen LogP contribution in [0.15, 0.2) is 18.2 Å². The van der Waals surface area contributed by atoms with Gasteiger partial charge in [0.2, 0.25) is 0 Å². The summed E-state index contributed by atoms with van der Waals surface area (Å²) >= 11 is 0. The molecule has 0 saturated carbocycles. The first-order valence-electron chi connectivity index (χ1n) is 5.03. The van der Waals surface area contributed by atoms with Crippen LogP contribution in [-0.4, -0.2) is 20.2 Å². The summed E-state index contributed by atoms with van der Waals surface area (Å²) in [6, 6.07) is 4.11. The number of aryl methyl sites for hydroxylation is 1. The van der Waals surface area contributed by atoms with Crippen molar-refractivity contribution in [3.63, 3.8) is 0 Å². The van der Waals surface area contributed by atoms with Crippen molar-refractivity contribution in [3.8, 4) is 0 Å². The highest BCUT2D eigenvalue weighted by molar-refractivity contribution is 7.91. The minimum absolute atomic E-state index is 0.0858. The molecular weight excluding hydrogens is 229 g/mol. The molecule has 0 heterocycles. The van der Waals surface area contributed by atoms with Gasteiger partial charge in [-0.2, -0.15) is 0 Å². The molecule has 0 aliphatic rings. The molecule has 0 bridgehead atoms. The van der Waals surface area contributed by atoms with Gasteiger partial charge in [0.05, 0.1) is 11.0 Å². The fourth-order valence-electron chi connectivity index (χ4n) is 1.33. The Balaban J connectivity index is 2.97. The largest absolute Gasteiger partial charge is 0.329 e. The Morgan fingerprint density at radius 1 is 1.44 bits per heavy atom. The zero-order chi connectivity index (χ0) is 12.3. The number of rotatable bonds is 4. The zero-order valence-corrected chi connectivity index (χ0v) is 10.2. The van der Waals surface area contributed by atoms with Gasteiger partial charge < -0.3 is 5.73 Å². The van der Waals surface area contributed by atoms with Crippen LogP contribution in [-0.2, 0) is 15.6 Å². The molecule has 1 aromatic rings. The molecule has 0 aromatic heterocycles. The summed E-state index contributed by atoms with van der Waals surface area (Å²) in [4.78, 5) is 0. The molecule has 0 fully saturated rings. The Kier molecular flexibility index (Phi) is 4.04. The molecular formula is C11H16FNO2S. The molecule has 1 rings (SSSR count). The van der Waals surface area contributed by atoms with Crippen LogP contribution < -0.4 is 5.73 Å². The fourth-order valence-corrected chi connectivity index (χ4v) is 2.66.